The summed E-state index contributed by atoms with van der Waals surface area (Å²) in [5.74, 6) is 0.433. The molecule has 0 saturated heterocycles. The average Bonchev–Trinajstić information content (AvgIpc) is 2.46. The molecule has 24 heavy (non-hydrogen) atoms. The van der Waals surface area contributed by atoms with Gasteiger partial charge in [-0.2, -0.15) is 0 Å². The van der Waals surface area contributed by atoms with E-state index < -0.39 is 0 Å². The third kappa shape index (κ3) is 8.51. The van der Waals surface area contributed by atoms with E-state index in [9.17, 15) is 10.2 Å². The first-order valence-corrected chi connectivity index (χ1v) is 6.33. The maximum atomic E-state index is 9.54. The second-order valence-corrected chi connectivity index (χ2v) is 4.19. The molecule has 7 nitrogen and oxygen atoms in total. The van der Waals surface area contributed by atoms with E-state index in [0.29, 0.717) is 24.2 Å². The summed E-state index contributed by atoms with van der Waals surface area (Å²) in [6.07, 6.45) is 3.26. The Morgan fingerprint density at radius 1 is 0.667 bits per heavy atom. The van der Waals surface area contributed by atoms with Crippen molar-refractivity contribution in [3.8, 4) is 11.5 Å². The van der Waals surface area contributed by atoms with Crippen molar-refractivity contribution >= 4 is 12.4 Å². The van der Waals surface area contributed by atoms with Crippen LogP contribution in [-0.2, 0) is 19.8 Å². The fraction of sp³-hybridized carbons (Fsp3) is 0.125. The summed E-state index contributed by atoms with van der Waals surface area (Å²) in [6.45, 7) is 1.05. The van der Waals surface area contributed by atoms with Gasteiger partial charge in [0.1, 0.15) is 11.5 Å². The molecule has 2 rings (SSSR count). The zero-order chi connectivity index (χ0) is 14.2. The van der Waals surface area contributed by atoms with Crippen LogP contribution in [0, 0.1) is 0 Å². The van der Waals surface area contributed by atoms with Crippen molar-refractivity contribution in [1.29, 1.82) is 0 Å². The van der Waals surface area contributed by atoms with Gasteiger partial charge in [0.15, 0.2) is 0 Å². The molecule has 0 aliphatic rings. The van der Waals surface area contributed by atoms with Crippen LogP contribution in [0.5, 0.6) is 11.5 Å². The molecule has 2 aromatic rings. The smallest absolute Gasteiger partial charge is 0.124 e. The Hall–Kier alpha value is -2.10. The number of hydrogen-bond donors (Lipinski definition) is 2. The van der Waals surface area contributed by atoms with Crippen molar-refractivity contribution in [2.24, 2.45) is 9.98 Å². The molecule has 0 fully saturated rings. The maximum absolute atomic E-state index is 9.54. The third-order valence-corrected chi connectivity index (χ3v) is 2.69. The van der Waals surface area contributed by atoms with Crippen LogP contribution in [0.25, 0.3) is 0 Å². The number of hydrogen-bond acceptors (Lipinski definition) is 4. The van der Waals surface area contributed by atoms with Crippen molar-refractivity contribution < 1.29 is 46.4 Å². The Balaban J connectivity index is -0.00000110. The second-order valence-electron chi connectivity index (χ2n) is 4.19. The van der Waals surface area contributed by atoms with Crippen LogP contribution in [0.3, 0.4) is 0 Å². The molecule has 8 heteroatoms. The summed E-state index contributed by atoms with van der Waals surface area (Å²) in [5, 5.41) is 19.1. The number of phenols is 2. The van der Waals surface area contributed by atoms with Gasteiger partial charge >= 0.3 is 0 Å². The first kappa shape index (κ1) is 26.8. The van der Waals surface area contributed by atoms with Crippen molar-refractivity contribution in [2.75, 3.05) is 13.1 Å². The molecule has 0 saturated carbocycles. The molecule has 0 aliphatic heterocycles. The average molecular weight is 513 g/mol. The van der Waals surface area contributed by atoms with Crippen molar-refractivity contribution in [2.45, 2.75) is 0 Å². The van der Waals surface area contributed by atoms with Gasteiger partial charge in [0.05, 0.1) is 13.1 Å². The summed E-state index contributed by atoms with van der Waals surface area (Å²) in [4.78, 5) is 8.39. The molecule has 0 atom stereocenters. The largest absolute Gasteiger partial charge is 0.507 e. The Bertz CT molecular complexity index is 580. The van der Waals surface area contributed by atoms with Gasteiger partial charge in [-0.15, -0.1) is 0 Å². The second kappa shape index (κ2) is 14.5. The number of aliphatic imine (C=N–C) groups is 2. The fourth-order valence-corrected chi connectivity index (χ4v) is 1.63. The summed E-state index contributed by atoms with van der Waals surface area (Å²) < 4.78 is 0. The van der Waals surface area contributed by atoms with Gasteiger partial charge in [-0.3, -0.25) is 9.98 Å². The molecule has 0 radical (unpaired) electrons. The quantitative estimate of drug-likeness (QED) is 0.432. The number of aromatic hydroxyl groups is 2. The summed E-state index contributed by atoms with van der Waals surface area (Å²) in [6, 6.07) is 14.1. The Kier molecular flexibility index (Phi) is 16.2. The van der Waals surface area contributed by atoms with Gasteiger partial charge < -0.3 is 26.6 Å². The van der Waals surface area contributed by atoms with E-state index >= 15 is 0 Å². The molecule has 0 bridgehead atoms. The minimum absolute atomic E-state index is 0. The SMILES string of the molecule is O.O.O.Oc1ccccc1/C=N/CC/N=C/c1ccccc1O.[Os]. The number of nitrogens with zero attached hydrogens (tertiary/aromatic N) is 2. The van der Waals surface area contributed by atoms with Gasteiger partial charge in [0.2, 0.25) is 0 Å². The van der Waals surface area contributed by atoms with Gasteiger partial charge in [-0.25, -0.2) is 0 Å². The van der Waals surface area contributed by atoms with E-state index in [1.165, 1.54) is 0 Å². The topological polar surface area (TPSA) is 160 Å². The summed E-state index contributed by atoms with van der Waals surface area (Å²) in [7, 11) is 0. The molecule has 2 aromatic carbocycles. The first-order valence-electron chi connectivity index (χ1n) is 6.33. The molecule has 0 aromatic heterocycles. The van der Waals surface area contributed by atoms with Crippen molar-refractivity contribution in [3.63, 3.8) is 0 Å². The summed E-state index contributed by atoms with van der Waals surface area (Å²) in [5.41, 5.74) is 1.38. The summed E-state index contributed by atoms with van der Waals surface area (Å²) >= 11 is 0. The predicted molar refractivity (Wildman–Crippen MR) is 92.0 cm³/mol. The van der Waals surface area contributed by atoms with E-state index in [4.69, 9.17) is 0 Å². The molecular formula is C16H22N2O5Os. The van der Waals surface area contributed by atoms with Gasteiger partial charge in [-0.1, -0.05) is 24.3 Å². The van der Waals surface area contributed by atoms with Crippen LogP contribution >= 0.6 is 0 Å². The maximum Gasteiger partial charge on any atom is 0.124 e. The molecule has 134 valence electrons. The van der Waals surface area contributed by atoms with E-state index in [-0.39, 0.29) is 47.7 Å². The third-order valence-electron chi connectivity index (χ3n) is 2.69. The molecule has 0 amide bonds. The van der Waals surface area contributed by atoms with E-state index in [1.807, 2.05) is 12.1 Å². The van der Waals surface area contributed by atoms with Gasteiger partial charge in [0, 0.05) is 43.3 Å². The first-order chi connectivity index (χ1) is 9.77. The molecular weight excluding hydrogens is 490 g/mol. The molecule has 8 N–H and O–H groups in total. The van der Waals surface area contributed by atoms with E-state index in [1.54, 1.807) is 48.8 Å². The van der Waals surface area contributed by atoms with Gasteiger partial charge in [-0.05, 0) is 24.3 Å². The fourth-order valence-electron chi connectivity index (χ4n) is 1.63. The van der Waals surface area contributed by atoms with E-state index in [2.05, 4.69) is 9.98 Å². The van der Waals surface area contributed by atoms with E-state index in [0.717, 1.165) is 0 Å². The Morgan fingerprint density at radius 2 is 1.00 bits per heavy atom. The van der Waals surface area contributed by atoms with Crippen LogP contribution in [0.15, 0.2) is 58.5 Å². The standard InChI is InChI=1S/C16H16N2O2.3H2O.Os/c19-15-7-3-1-5-13(15)11-17-9-10-18-12-14-6-2-4-8-16(14)20;;;;/h1-8,11-12,19-20H,9-10H2;3*1H2;/b17-11+,18-12+;;;;. The monoisotopic (exact) mass is 514 g/mol. The normalized spacial score (nSPS) is 9.50. The Labute approximate surface area is 153 Å². The number of rotatable bonds is 5. The zero-order valence-corrected chi connectivity index (χ0v) is 15.4. The number of phenolic OH excluding ortho intramolecular Hbond substituents is 2. The minimum Gasteiger partial charge on any atom is -0.507 e. The predicted octanol–water partition coefficient (Wildman–Crippen LogP) is 0.159. The minimum atomic E-state index is 0. The Morgan fingerprint density at radius 3 is 1.33 bits per heavy atom. The number of benzene rings is 2. The molecule has 0 unspecified atom stereocenters. The van der Waals surface area contributed by atoms with Crippen LogP contribution in [0.2, 0.25) is 0 Å². The molecule has 0 spiro atoms. The number of para-hydroxylation sites is 2. The molecule has 0 heterocycles. The van der Waals surface area contributed by atoms with Crippen LogP contribution in [0.4, 0.5) is 0 Å². The van der Waals surface area contributed by atoms with Crippen LogP contribution in [-0.4, -0.2) is 52.2 Å². The molecule has 0 aliphatic carbocycles. The van der Waals surface area contributed by atoms with Gasteiger partial charge in [0.25, 0.3) is 0 Å². The van der Waals surface area contributed by atoms with Crippen LogP contribution < -0.4 is 0 Å². The van der Waals surface area contributed by atoms with Crippen molar-refractivity contribution in [3.05, 3.63) is 59.7 Å². The van der Waals surface area contributed by atoms with Crippen LogP contribution in [0.1, 0.15) is 11.1 Å². The zero-order valence-electron chi connectivity index (χ0n) is 12.8. The van der Waals surface area contributed by atoms with Crippen molar-refractivity contribution in [1.82, 2.24) is 0 Å².